The highest BCUT2D eigenvalue weighted by Crippen LogP contribution is 2.45. The van der Waals surface area contributed by atoms with Crippen LogP contribution in [0.15, 0.2) is 41.4 Å². The first kappa shape index (κ1) is 17.2. The fourth-order valence-electron chi connectivity index (χ4n) is 4.37. The topological polar surface area (TPSA) is 12.5 Å². The van der Waals surface area contributed by atoms with Crippen LogP contribution in [0.1, 0.15) is 45.6 Å². The minimum atomic E-state index is -0.0105. The van der Waals surface area contributed by atoms with Crippen molar-refractivity contribution in [1.29, 1.82) is 0 Å². The van der Waals surface area contributed by atoms with Crippen LogP contribution in [-0.2, 0) is 11.3 Å². The standard InChI is InChI=1S/C20H28BrNO/c1-5-19-22(13-15-8-6-7-9-17(15)21)20(3,4)16-11-10-14(2)12-18(16)23-19/h5-9,14,16,18-19H,1,10-13H2,2-4H3/t14-,16-,18-,19+/m1/s1. The molecule has 1 heterocycles. The molecule has 0 radical (unpaired) electrons. The van der Waals surface area contributed by atoms with Crippen LogP contribution in [0.5, 0.6) is 0 Å². The first-order valence-corrected chi connectivity index (χ1v) is 9.51. The van der Waals surface area contributed by atoms with Crippen LogP contribution in [0.2, 0.25) is 0 Å². The van der Waals surface area contributed by atoms with Gasteiger partial charge in [0.2, 0.25) is 0 Å². The largest absolute Gasteiger partial charge is 0.356 e. The molecule has 3 heteroatoms. The van der Waals surface area contributed by atoms with E-state index in [2.05, 4.69) is 72.4 Å². The van der Waals surface area contributed by atoms with Crippen LogP contribution in [0.4, 0.5) is 0 Å². The van der Waals surface area contributed by atoms with Gasteiger partial charge in [-0.15, -0.1) is 0 Å². The minimum absolute atomic E-state index is 0.0105. The Balaban J connectivity index is 1.88. The molecule has 2 aliphatic rings. The average molecular weight is 378 g/mol. The molecule has 0 aromatic heterocycles. The van der Waals surface area contributed by atoms with E-state index in [1.54, 1.807) is 0 Å². The highest BCUT2D eigenvalue weighted by Gasteiger charge is 2.49. The number of ether oxygens (including phenoxy) is 1. The number of halogens is 1. The van der Waals surface area contributed by atoms with Crippen LogP contribution in [0.25, 0.3) is 0 Å². The number of hydrogen-bond donors (Lipinski definition) is 0. The van der Waals surface area contributed by atoms with E-state index in [0.717, 1.165) is 16.9 Å². The van der Waals surface area contributed by atoms with Crippen LogP contribution in [-0.4, -0.2) is 22.8 Å². The summed E-state index contributed by atoms with van der Waals surface area (Å²) in [5, 5.41) is 0. The molecule has 1 aliphatic carbocycles. The normalized spacial score (nSPS) is 33.9. The summed E-state index contributed by atoms with van der Waals surface area (Å²) < 4.78 is 7.63. The molecule has 0 bridgehead atoms. The summed E-state index contributed by atoms with van der Waals surface area (Å²) in [6.45, 7) is 12.0. The van der Waals surface area contributed by atoms with Gasteiger partial charge < -0.3 is 4.74 Å². The number of rotatable bonds is 3. The van der Waals surface area contributed by atoms with Gasteiger partial charge in [0.25, 0.3) is 0 Å². The molecular weight excluding hydrogens is 350 g/mol. The van der Waals surface area contributed by atoms with Gasteiger partial charge in [0.1, 0.15) is 6.23 Å². The third-order valence-corrected chi connectivity index (χ3v) is 6.60. The van der Waals surface area contributed by atoms with E-state index >= 15 is 0 Å². The lowest BCUT2D eigenvalue weighted by Gasteiger charge is -2.56. The maximum Gasteiger partial charge on any atom is 0.130 e. The number of hydrogen-bond acceptors (Lipinski definition) is 2. The van der Waals surface area contributed by atoms with Gasteiger partial charge in [0.15, 0.2) is 0 Å². The van der Waals surface area contributed by atoms with Crippen molar-refractivity contribution in [2.24, 2.45) is 11.8 Å². The number of fused-ring (bicyclic) bond motifs is 1. The quantitative estimate of drug-likeness (QED) is 0.655. The van der Waals surface area contributed by atoms with Crippen LogP contribution in [0, 0.1) is 11.8 Å². The Morgan fingerprint density at radius 2 is 2.09 bits per heavy atom. The maximum atomic E-state index is 6.46. The Labute approximate surface area is 149 Å². The summed E-state index contributed by atoms with van der Waals surface area (Å²) in [7, 11) is 0. The molecule has 126 valence electrons. The molecular formula is C20H28BrNO. The van der Waals surface area contributed by atoms with Gasteiger partial charge in [-0.25, -0.2) is 0 Å². The lowest BCUT2D eigenvalue weighted by molar-refractivity contribution is -0.219. The van der Waals surface area contributed by atoms with Gasteiger partial charge in [-0.1, -0.05) is 54.1 Å². The molecule has 1 saturated carbocycles. The van der Waals surface area contributed by atoms with Gasteiger partial charge in [-0.2, -0.15) is 0 Å². The molecule has 2 fully saturated rings. The van der Waals surface area contributed by atoms with E-state index < -0.39 is 0 Å². The summed E-state index contributed by atoms with van der Waals surface area (Å²) in [6.07, 6.45) is 6.08. The highest BCUT2D eigenvalue weighted by atomic mass is 79.9. The molecule has 4 atom stereocenters. The molecule has 3 rings (SSSR count). The number of benzene rings is 1. The Morgan fingerprint density at radius 3 is 2.78 bits per heavy atom. The summed E-state index contributed by atoms with van der Waals surface area (Å²) in [4.78, 5) is 2.48. The van der Waals surface area contributed by atoms with Crippen LogP contribution in [0.3, 0.4) is 0 Å². The van der Waals surface area contributed by atoms with Crippen molar-refractivity contribution in [3.8, 4) is 0 Å². The van der Waals surface area contributed by atoms with E-state index in [-0.39, 0.29) is 11.8 Å². The first-order valence-electron chi connectivity index (χ1n) is 8.71. The summed E-state index contributed by atoms with van der Waals surface area (Å²) in [5.41, 5.74) is 1.41. The second-order valence-electron chi connectivity index (χ2n) is 7.70. The Hall–Kier alpha value is -0.640. The average Bonchev–Trinajstić information content (AvgIpc) is 2.51. The van der Waals surface area contributed by atoms with Gasteiger partial charge in [-0.05, 0) is 50.3 Å². The molecule has 1 aromatic rings. The van der Waals surface area contributed by atoms with Gasteiger partial charge in [0.05, 0.1) is 6.10 Å². The van der Waals surface area contributed by atoms with E-state index in [1.807, 2.05) is 6.08 Å². The molecule has 2 nitrogen and oxygen atoms in total. The van der Waals surface area contributed by atoms with Crippen LogP contribution < -0.4 is 0 Å². The van der Waals surface area contributed by atoms with Crippen LogP contribution >= 0.6 is 15.9 Å². The SMILES string of the molecule is C=C[C@@H]1O[C@@H]2C[C@H](C)CC[C@H]2C(C)(C)N1Cc1ccccc1Br. The molecule has 1 aromatic carbocycles. The first-order chi connectivity index (χ1) is 10.9. The summed E-state index contributed by atoms with van der Waals surface area (Å²) in [5.74, 6) is 1.37. The third kappa shape index (κ3) is 3.29. The maximum absolute atomic E-state index is 6.46. The predicted molar refractivity (Wildman–Crippen MR) is 99.1 cm³/mol. The second kappa shape index (κ2) is 6.70. The molecule has 23 heavy (non-hydrogen) atoms. The van der Waals surface area contributed by atoms with Crippen molar-refractivity contribution in [3.05, 3.63) is 47.0 Å². The Morgan fingerprint density at radius 1 is 1.35 bits per heavy atom. The summed E-state index contributed by atoms with van der Waals surface area (Å²) >= 11 is 3.69. The molecule has 0 spiro atoms. The van der Waals surface area contributed by atoms with Crippen molar-refractivity contribution < 1.29 is 4.74 Å². The molecule has 0 amide bonds. The zero-order valence-corrected chi connectivity index (χ0v) is 16.1. The number of nitrogens with zero attached hydrogens (tertiary/aromatic N) is 1. The lowest BCUT2D eigenvalue weighted by atomic mass is 9.69. The lowest BCUT2D eigenvalue weighted by Crippen LogP contribution is -2.63. The van der Waals surface area contributed by atoms with Crippen molar-refractivity contribution in [3.63, 3.8) is 0 Å². The minimum Gasteiger partial charge on any atom is -0.356 e. The molecule has 1 aliphatic heterocycles. The van der Waals surface area contributed by atoms with Gasteiger partial charge in [-0.3, -0.25) is 4.90 Å². The van der Waals surface area contributed by atoms with Crippen molar-refractivity contribution >= 4 is 15.9 Å². The van der Waals surface area contributed by atoms with E-state index in [4.69, 9.17) is 4.74 Å². The fraction of sp³-hybridized carbons (Fsp3) is 0.600. The second-order valence-corrected chi connectivity index (χ2v) is 8.55. The highest BCUT2D eigenvalue weighted by molar-refractivity contribution is 9.10. The fourth-order valence-corrected chi connectivity index (χ4v) is 4.78. The van der Waals surface area contributed by atoms with Crippen molar-refractivity contribution in [2.75, 3.05) is 0 Å². The van der Waals surface area contributed by atoms with Crippen molar-refractivity contribution in [2.45, 2.75) is 64.4 Å². The molecule has 0 unspecified atom stereocenters. The zero-order chi connectivity index (χ0) is 16.6. The zero-order valence-electron chi connectivity index (χ0n) is 14.5. The Bertz CT molecular complexity index is 571. The molecule has 1 saturated heterocycles. The van der Waals surface area contributed by atoms with E-state index in [0.29, 0.717) is 12.0 Å². The monoisotopic (exact) mass is 377 g/mol. The smallest absolute Gasteiger partial charge is 0.130 e. The van der Waals surface area contributed by atoms with E-state index in [9.17, 15) is 0 Å². The Kier molecular flexibility index (Phi) is 5.01. The predicted octanol–water partition coefficient (Wildman–Crippen LogP) is 5.38. The molecule has 0 N–H and O–H groups in total. The van der Waals surface area contributed by atoms with Gasteiger partial charge in [0, 0.05) is 22.5 Å². The van der Waals surface area contributed by atoms with E-state index in [1.165, 1.54) is 24.8 Å². The third-order valence-electron chi connectivity index (χ3n) is 5.82. The van der Waals surface area contributed by atoms with Crippen molar-refractivity contribution in [1.82, 2.24) is 4.90 Å². The van der Waals surface area contributed by atoms with Gasteiger partial charge >= 0.3 is 0 Å². The summed E-state index contributed by atoms with van der Waals surface area (Å²) in [6, 6.07) is 8.47.